The Morgan fingerprint density at radius 1 is 1.07 bits per heavy atom. The van der Waals surface area contributed by atoms with Gasteiger partial charge in [0, 0.05) is 11.3 Å². The normalized spacial score (nSPS) is 11.4. The number of rotatable bonds is 6. The maximum Gasteiger partial charge on any atom is 0.271 e. The first kappa shape index (κ1) is 18.8. The van der Waals surface area contributed by atoms with Gasteiger partial charge in [-0.25, -0.2) is 13.8 Å². The van der Waals surface area contributed by atoms with Gasteiger partial charge in [-0.2, -0.15) is 5.10 Å². The minimum Gasteiger partial charge on any atom is -0.279 e. The molecule has 3 rings (SSSR count). The lowest BCUT2D eigenvalue weighted by Gasteiger charge is -2.07. The van der Waals surface area contributed by atoms with E-state index in [4.69, 9.17) is 0 Å². The number of carbonyl (C=O) groups is 1. The van der Waals surface area contributed by atoms with Gasteiger partial charge in [0.15, 0.2) is 0 Å². The molecular formula is C19H17N3O3S2. The van der Waals surface area contributed by atoms with Gasteiger partial charge in [0.05, 0.1) is 6.21 Å². The van der Waals surface area contributed by atoms with E-state index < -0.39 is 10.0 Å². The van der Waals surface area contributed by atoms with Crippen LogP contribution in [-0.4, -0.2) is 20.5 Å². The van der Waals surface area contributed by atoms with E-state index in [2.05, 4.69) is 15.2 Å². The molecule has 0 aliphatic carbocycles. The molecule has 3 aromatic rings. The lowest BCUT2D eigenvalue weighted by molar-refractivity contribution is 0.0955. The number of anilines is 1. The van der Waals surface area contributed by atoms with Gasteiger partial charge in [0.1, 0.15) is 4.21 Å². The molecule has 0 aliphatic rings. The van der Waals surface area contributed by atoms with Crippen LogP contribution in [0.4, 0.5) is 5.69 Å². The summed E-state index contributed by atoms with van der Waals surface area (Å²) < 4.78 is 27.1. The van der Waals surface area contributed by atoms with Gasteiger partial charge in [-0.1, -0.05) is 35.9 Å². The molecule has 0 aliphatic heterocycles. The lowest BCUT2D eigenvalue weighted by atomic mass is 10.2. The summed E-state index contributed by atoms with van der Waals surface area (Å²) >= 11 is 1.13. The molecule has 1 heterocycles. The molecule has 27 heavy (non-hydrogen) atoms. The van der Waals surface area contributed by atoms with Crippen LogP contribution in [0, 0.1) is 6.92 Å². The Balaban J connectivity index is 1.62. The third kappa shape index (κ3) is 5.02. The lowest BCUT2D eigenvalue weighted by Crippen LogP contribution is -2.17. The zero-order valence-corrected chi connectivity index (χ0v) is 16.0. The predicted octanol–water partition coefficient (Wildman–Crippen LogP) is 3.62. The van der Waals surface area contributed by atoms with Gasteiger partial charge in [0.25, 0.3) is 15.9 Å². The largest absolute Gasteiger partial charge is 0.279 e. The molecule has 0 spiro atoms. The highest BCUT2D eigenvalue weighted by molar-refractivity contribution is 7.94. The molecule has 0 radical (unpaired) electrons. The Labute approximate surface area is 161 Å². The molecule has 0 unspecified atom stereocenters. The van der Waals surface area contributed by atoms with Crippen LogP contribution in [0.3, 0.4) is 0 Å². The van der Waals surface area contributed by atoms with Gasteiger partial charge in [-0.15, -0.1) is 11.3 Å². The van der Waals surface area contributed by atoms with Crippen molar-refractivity contribution in [3.05, 3.63) is 82.7 Å². The van der Waals surface area contributed by atoms with Crippen molar-refractivity contribution in [1.29, 1.82) is 0 Å². The second-order valence-electron chi connectivity index (χ2n) is 5.73. The van der Waals surface area contributed by atoms with Crippen molar-refractivity contribution >= 4 is 39.2 Å². The standard InChI is InChI=1S/C19H17N3O3S2/c1-14-4-2-5-15(12-14)13-20-21-19(23)16-7-9-17(10-8-16)22-27(24,25)18-6-3-11-26-18/h2-13,22H,1H3,(H,21,23)/b20-13+. The molecule has 0 fully saturated rings. The smallest absolute Gasteiger partial charge is 0.271 e. The van der Waals surface area contributed by atoms with Gasteiger partial charge in [-0.05, 0) is 48.2 Å². The fourth-order valence-corrected chi connectivity index (χ4v) is 4.34. The Morgan fingerprint density at radius 3 is 2.52 bits per heavy atom. The number of nitrogens with zero attached hydrogens (tertiary/aromatic N) is 1. The van der Waals surface area contributed by atoms with Crippen molar-refractivity contribution in [2.75, 3.05) is 4.72 Å². The number of amides is 1. The van der Waals surface area contributed by atoms with Crippen molar-refractivity contribution in [2.45, 2.75) is 11.1 Å². The third-order valence-electron chi connectivity index (χ3n) is 3.58. The van der Waals surface area contributed by atoms with Crippen molar-refractivity contribution < 1.29 is 13.2 Å². The van der Waals surface area contributed by atoms with Crippen LogP contribution >= 0.6 is 11.3 Å². The molecule has 8 heteroatoms. The SMILES string of the molecule is Cc1cccc(/C=N/NC(=O)c2ccc(NS(=O)(=O)c3cccs3)cc2)c1. The monoisotopic (exact) mass is 399 g/mol. The molecule has 0 atom stereocenters. The number of hydrogen-bond acceptors (Lipinski definition) is 5. The van der Waals surface area contributed by atoms with Gasteiger partial charge < -0.3 is 0 Å². The zero-order valence-electron chi connectivity index (χ0n) is 14.4. The molecule has 2 aromatic carbocycles. The number of carbonyl (C=O) groups excluding carboxylic acids is 1. The van der Waals surface area contributed by atoms with Crippen LogP contribution in [0.25, 0.3) is 0 Å². The van der Waals surface area contributed by atoms with E-state index >= 15 is 0 Å². The molecule has 0 saturated carbocycles. The topological polar surface area (TPSA) is 87.6 Å². The number of hydrazone groups is 1. The highest BCUT2D eigenvalue weighted by Crippen LogP contribution is 2.20. The van der Waals surface area contributed by atoms with Crippen LogP contribution in [-0.2, 0) is 10.0 Å². The molecule has 2 N–H and O–H groups in total. The van der Waals surface area contributed by atoms with Crippen molar-refractivity contribution in [1.82, 2.24) is 5.43 Å². The number of benzene rings is 2. The molecule has 1 aromatic heterocycles. The summed E-state index contributed by atoms with van der Waals surface area (Å²) in [6, 6.07) is 17.0. The van der Waals surface area contributed by atoms with Gasteiger partial charge in [-0.3, -0.25) is 9.52 Å². The molecule has 138 valence electrons. The number of hydrogen-bond donors (Lipinski definition) is 2. The Bertz CT molecular complexity index is 1060. The van der Waals surface area contributed by atoms with Crippen molar-refractivity contribution in [3.8, 4) is 0 Å². The summed E-state index contributed by atoms with van der Waals surface area (Å²) in [5, 5.41) is 5.63. The minimum absolute atomic E-state index is 0.231. The highest BCUT2D eigenvalue weighted by Gasteiger charge is 2.15. The first-order valence-electron chi connectivity index (χ1n) is 8.00. The Kier molecular flexibility index (Phi) is 5.68. The quantitative estimate of drug-likeness (QED) is 0.490. The summed E-state index contributed by atoms with van der Waals surface area (Å²) in [6.07, 6.45) is 1.56. The molecular weight excluding hydrogens is 382 g/mol. The summed E-state index contributed by atoms with van der Waals surface area (Å²) in [7, 11) is -3.61. The number of sulfonamides is 1. The van der Waals surface area contributed by atoms with Crippen molar-refractivity contribution in [2.24, 2.45) is 5.10 Å². The maximum atomic E-state index is 12.2. The average molecular weight is 399 g/mol. The first-order chi connectivity index (χ1) is 12.9. The van der Waals surface area contributed by atoms with Gasteiger partial charge >= 0.3 is 0 Å². The van der Waals surface area contributed by atoms with E-state index in [1.54, 1.807) is 17.7 Å². The zero-order chi connectivity index (χ0) is 19.3. The Morgan fingerprint density at radius 2 is 1.85 bits per heavy atom. The van der Waals surface area contributed by atoms with Crippen LogP contribution in [0.1, 0.15) is 21.5 Å². The number of aryl methyl sites for hydroxylation is 1. The fraction of sp³-hybridized carbons (Fsp3) is 0.0526. The highest BCUT2D eigenvalue weighted by atomic mass is 32.2. The second kappa shape index (κ2) is 8.15. The summed E-state index contributed by atoms with van der Waals surface area (Å²) in [5.74, 6) is -0.383. The van der Waals surface area contributed by atoms with E-state index in [0.29, 0.717) is 11.3 Å². The predicted molar refractivity (Wildman–Crippen MR) is 108 cm³/mol. The van der Waals surface area contributed by atoms with E-state index in [9.17, 15) is 13.2 Å². The summed E-state index contributed by atoms with van der Waals surface area (Å²) in [4.78, 5) is 12.1. The van der Waals surface area contributed by atoms with Crippen LogP contribution in [0.2, 0.25) is 0 Å². The van der Waals surface area contributed by atoms with Crippen molar-refractivity contribution in [3.63, 3.8) is 0 Å². The van der Waals surface area contributed by atoms with Crippen LogP contribution in [0.15, 0.2) is 75.4 Å². The fourth-order valence-electron chi connectivity index (χ4n) is 2.29. The molecule has 1 amide bonds. The van der Waals surface area contributed by atoms with Crippen LogP contribution in [0.5, 0.6) is 0 Å². The molecule has 0 bridgehead atoms. The maximum absolute atomic E-state index is 12.2. The van der Waals surface area contributed by atoms with E-state index in [-0.39, 0.29) is 10.1 Å². The second-order valence-corrected chi connectivity index (χ2v) is 8.59. The van der Waals surface area contributed by atoms with Gasteiger partial charge in [0.2, 0.25) is 0 Å². The number of nitrogens with one attached hydrogen (secondary N) is 2. The van der Waals surface area contributed by atoms with Crippen LogP contribution < -0.4 is 10.1 Å². The van der Waals surface area contributed by atoms with E-state index in [1.807, 2.05) is 31.2 Å². The minimum atomic E-state index is -3.61. The molecule has 0 saturated heterocycles. The summed E-state index contributed by atoms with van der Waals surface area (Å²) in [6.45, 7) is 1.98. The Hall–Kier alpha value is -2.97. The average Bonchev–Trinajstić information content (AvgIpc) is 3.18. The molecule has 6 nitrogen and oxygen atoms in total. The third-order valence-corrected chi connectivity index (χ3v) is 6.36. The number of thiophene rings is 1. The first-order valence-corrected chi connectivity index (χ1v) is 10.4. The van der Waals surface area contributed by atoms with E-state index in [1.165, 1.54) is 30.3 Å². The van der Waals surface area contributed by atoms with E-state index in [0.717, 1.165) is 22.5 Å². The summed E-state index contributed by atoms with van der Waals surface area (Å²) in [5.41, 5.74) is 5.18.